The first-order valence-electron chi connectivity index (χ1n) is 3.11. The van der Waals surface area contributed by atoms with E-state index in [1.807, 2.05) is 0 Å². The summed E-state index contributed by atoms with van der Waals surface area (Å²) in [5, 5.41) is 8.76. The molecule has 0 aliphatic heterocycles. The van der Waals surface area contributed by atoms with Crippen LogP contribution in [0.1, 0.15) is 0 Å². The zero-order chi connectivity index (χ0) is 8.48. The summed E-state index contributed by atoms with van der Waals surface area (Å²) in [5.74, 6) is -0.967. The molecule has 4 heteroatoms. The van der Waals surface area contributed by atoms with Crippen molar-refractivity contribution in [1.29, 1.82) is 0 Å². The fourth-order valence-electron chi connectivity index (χ4n) is 0.844. The number of carboxylic acids is 1. The predicted molar refractivity (Wildman–Crippen MR) is 45.5 cm³/mol. The van der Waals surface area contributed by atoms with Crippen LogP contribution in [0.5, 0.6) is 0 Å². The van der Waals surface area contributed by atoms with Gasteiger partial charge >= 0.3 is 5.97 Å². The molecule has 0 aromatic rings. The van der Waals surface area contributed by atoms with Crippen molar-refractivity contribution in [3.05, 3.63) is 24.3 Å². The van der Waals surface area contributed by atoms with Crippen molar-refractivity contribution >= 4 is 21.9 Å². The molecule has 2 atom stereocenters. The Balaban J connectivity index is 2.94. The van der Waals surface area contributed by atoms with Gasteiger partial charge in [0.05, 0.1) is 6.04 Å². The van der Waals surface area contributed by atoms with Gasteiger partial charge in [0.1, 0.15) is 0 Å². The summed E-state index contributed by atoms with van der Waals surface area (Å²) in [4.78, 5) is 10.7. The van der Waals surface area contributed by atoms with E-state index in [0.29, 0.717) is 0 Å². The van der Waals surface area contributed by atoms with Crippen molar-refractivity contribution in [3.8, 4) is 0 Å². The second-order valence-electron chi connectivity index (χ2n) is 2.34. The number of aliphatic carboxylic acids is 1. The molecule has 1 aliphatic rings. The molecule has 3 nitrogen and oxygen atoms in total. The maximum Gasteiger partial charge on any atom is 0.326 e. The van der Waals surface area contributed by atoms with Crippen molar-refractivity contribution < 1.29 is 9.90 Å². The average molecular weight is 218 g/mol. The van der Waals surface area contributed by atoms with E-state index in [-0.39, 0.29) is 0 Å². The Kier molecular flexibility index (Phi) is 2.15. The van der Waals surface area contributed by atoms with Crippen molar-refractivity contribution in [2.24, 2.45) is 5.73 Å². The van der Waals surface area contributed by atoms with Gasteiger partial charge in [-0.05, 0) is 0 Å². The van der Waals surface area contributed by atoms with Crippen LogP contribution in [-0.2, 0) is 4.79 Å². The maximum atomic E-state index is 10.7. The Bertz CT molecular complexity index is 237. The zero-order valence-electron chi connectivity index (χ0n) is 5.70. The molecule has 0 heterocycles. The first-order valence-corrected chi connectivity index (χ1v) is 3.90. The Morgan fingerprint density at radius 3 is 2.64 bits per heavy atom. The van der Waals surface area contributed by atoms with Crippen LogP contribution in [0.15, 0.2) is 24.3 Å². The van der Waals surface area contributed by atoms with E-state index in [2.05, 4.69) is 15.9 Å². The highest BCUT2D eigenvalue weighted by Gasteiger charge is 2.38. The number of hydrogen-bond acceptors (Lipinski definition) is 2. The van der Waals surface area contributed by atoms with Crippen LogP contribution in [0.3, 0.4) is 0 Å². The zero-order valence-corrected chi connectivity index (χ0v) is 7.28. The molecule has 0 spiro atoms. The lowest BCUT2D eigenvalue weighted by molar-refractivity contribution is -0.138. The molecule has 11 heavy (non-hydrogen) atoms. The van der Waals surface area contributed by atoms with Crippen LogP contribution in [0, 0.1) is 0 Å². The molecule has 0 fully saturated rings. The van der Waals surface area contributed by atoms with E-state index in [9.17, 15) is 4.79 Å². The number of rotatable bonds is 1. The van der Waals surface area contributed by atoms with E-state index in [4.69, 9.17) is 10.8 Å². The molecule has 2 unspecified atom stereocenters. The minimum absolute atomic E-state index is 0.509. The quantitative estimate of drug-likeness (QED) is 0.635. The summed E-state index contributed by atoms with van der Waals surface area (Å²) in [6.07, 6.45) is 6.56. The fraction of sp³-hybridized carbons (Fsp3) is 0.286. The molecular weight excluding hydrogens is 210 g/mol. The van der Waals surface area contributed by atoms with E-state index < -0.39 is 16.3 Å². The second-order valence-corrected chi connectivity index (χ2v) is 3.66. The predicted octanol–water partition coefficient (Wildman–Crippen LogP) is 0.658. The van der Waals surface area contributed by atoms with Gasteiger partial charge in [0.25, 0.3) is 0 Å². The molecule has 0 bridgehead atoms. The number of carbonyl (C=O) groups is 1. The summed E-state index contributed by atoms with van der Waals surface area (Å²) in [5.41, 5.74) is 5.55. The average Bonchev–Trinajstić information content (AvgIpc) is 1.95. The van der Waals surface area contributed by atoms with Gasteiger partial charge in [-0.2, -0.15) is 0 Å². The Labute approximate surface area is 72.7 Å². The number of carboxylic acid groups (broad SMARTS) is 1. The van der Waals surface area contributed by atoms with Crippen LogP contribution < -0.4 is 5.73 Å². The summed E-state index contributed by atoms with van der Waals surface area (Å²) in [6, 6.07) is -0.509. The summed E-state index contributed by atoms with van der Waals surface area (Å²) in [6.45, 7) is 0. The third-order valence-electron chi connectivity index (χ3n) is 1.58. The van der Waals surface area contributed by atoms with Crippen LogP contribution in [0.2, 0.25) is 0 Å². The molecular formula is C7H8BrNO2. The highest BCUT2D eigenvalue weighted by Crippen LogP contribution is 2.27. The lowest BCUT2D eigenvalue weighted by Crippen LogP contribution is -2.47. The Morgan fingerprint density at radius 2 is 2.27 bits per heavy atom. The monoisotopic (exact) mass is 217 g/mol. The molecule has 0 amide bonds. The van der Waals surface area contributed by atoms with Crippen molar-refractivity contribution in [2.45, 2.75) is 10.4 Å². The van der Waals surface area contributed by atoms with Gasteiger partial charge < -0.3 is 10.8 Å². The highest BCUT2D eigenvalue weighted by atomic mass is 79.9. The third kappa shape index (κ3) is 1.36. The first kappa shape index (κ1) is 8.49. The van der Waals surface area contributed by atoms with Gasteiger partial charge in [-0.15, -0.1) is 0 Å². The number of alkyl halides is 1. The second kappa shape index (κ2) is 2.79. The smallest absolute Gasteiger partial charge is 0.326 e. The molecule has 0 saturated heterocycles. The van der Waals surface area contributed by atoms with Gasteiger partial charge in [-0.25, -0.2) is 0 Å². The van der Waals surface area contributed by atoms with E-state index in [0.717, 1.165) is 0 Å². The van der Waals surface area contributed by atoms with Gasteiger partial charge in [0.15, 0.2) is 4.32 Å². The van der Waals surface area contributed by atoms with Crippen molar-refractivity contribution in [1.82, 2.24) is 0 Å². The Hall–Kier alpha value is -0.610. The number of allylic oxidation sites excluding steroid dienone is 2. The highest BCUT2D eigenvalue weighted by molar-refractivity contribution is 9.10. The van der Waals surface area contributed by atoms with Gasteiger partial charge in [0.2, 0.25) is 0 Å². The molecule has 0 aromatic carbocycles. The molecule has 0 radical (unpaired) electrons. The van der Waals surface area contributed by atoms with E-state index in [1.54, 1.807) is 18.2 Å². The molecule has 1 aliphatic carbocycles. The Morgan fingerprint density at radius 1 is 1.64 bits per heavy atom. The lowest BCUT2D eigenvalue weighted by atomic mass is 9.96. The number of nitrogens with two attached hydrogens (primary N) is 1. The van der Waals surface area contributed by atoms with E-state index >= 15 is 0 Å². The summed E-state index contributed by atoms with van der Waals surface area (Å²) in [7, 11) is 0. The van der Waals surface area contributed by atoms with Crippen LogP contribution in [0.25, 0.3) is 0 Å². The molecule has 60 valence electrons. The van der Waals surface area contributed by atoms with Crippen LogP contribution >= 0.6 is 15.9 Å². The van der Waals surface area contributed by atoms with Gasteiger partial charge in [-0.1, -0.05) is 40.2 Å². The SMILES string of the molecule is NC1C=CC=CC1(Br)C(=O)O. The minimum Gasteiger partial charge on any atom is -0.480 e. The molecule has 0 aromatic heterocycles. The van der Waals surface area contributed by atoms with Crippen molar-refractivity contribution in [3.63, 3.8) is 0 Å². The third-order valence-corrected chi connectivity index (χ3v) is 2.71. The topological polar surface area (TPSA) is 63.3 Å². The van der Waals surface area contributed by atoms with Crippen molar-refractivity contribution in [2.75, 3.05) is 0 Å². The van der Waals surface area contributed by atoms with Gasteiger partial charge in [-0.3, -0.25) is 4.79 Å². The van der Waals surface area contributed by atoms with Crippen LogP contribution in [-0.4, -0.2) is 21.4 Å². The fourth-order valence-corrected chi connectivity index (χ4v) is 1.15. The standard InChI is InChI=1S/C7H8BrNO2/c8-7(6(10)11)4-2-1-3-5(7)9/h1-5H,9H2,(H,10,11). The molecule has 1 rings (SSSR count). The van der Waals surface area contributed by atoms with Crippen LogP contribution in [0.4, 0.5) is 0 Å². The van der Waals surface area contributed by atoms with Gasteiger partial charge in [0, 0.05) is 0 Å². The first-order chi connectivity index (χ1) is 5.07. The summed E-state index contributed by atoms with van der Waals surface area (Å²) >= 11 is 3.06. The molecule has 3 N–H and O–H groups in total. The normalized spacial score (nSPS) is 35.6. The number of halogens is 1. The lowest BCUT2D eigenvalue weighted by Gasteiger charge is -2.25. The maximum absolute atomic E-state index is 10.7. The molecule has 0 saturated carbocycles. The number of hydrogen-bond donors (Lipinski definition) is 2. The largest absolute Gasteiger partial charge is 0.480 e. The minimum atomic E-state index is -1.12. The van der Waals surface area contributed by atoms with E-state index in [1.165, 1.54) is 6.08 Å². The summed E-state index contributed by atoms with van der Waals surface area (Å²) < 4.78 is -1.12.